The minimum Gasteiger partial charge on any atom is -0.321 e. The summed E-state index contributed by atoms with van der Waals surface area (Å²) in [6, 6.07) is 3.33. The first-order valence-corrected chi connectivity index (χ1v) is 7.25. The first-order chi connectivity index (χ1) is 9.01. The van der Waals surface area contributed by atoms with Crippen LogP contribution in [0.3, 0.4) is 0 Å². The minimum atomic E-state index is -0.740. The standard InChI is InChI=1S/C16H21F2N/c1-10-4-7-13(15(18)14(10)17)16(19)8-2-3-12(9-16)11-5-6-11/h4,7,11-12H,2-3,5-6,8-9,19H2,1H3. The van der Waals surface area contributed by atoms with Crippen LogP contribution in [0, 0.1) is 30.4 Å². The zero-order valence-corrected chi connectivity index (χ0v) is 11.4. The quantitative estimate of drug-likeness (QED) is 0.858. The Labute approximate surface area is 113 Å². The van der Waals surface area contributed by atoms with Crippen molar-refractivity contribution in [2.75, 3.05) is 0 Å². The molecule has 2 saturated carbocycles. The van der Waals surface area contributed by atoms with E-state index in [2.05, 4.69) is 0 Å². The summed E-state index contributed by atoms with van der Waals surface area (Å²) in [5.41, 5.74) is 6.50. The van der Waals surface area contributed by atoms with Gasteiger partial charge >= 0.3 is 0 Å². The van der Waals surface area contributed by atoms with E-state index >= 15 is 0 Å². The summed E-state index contributed by atoms with van der Waals surface area (Å²) >= 11 is 0. The lowest BCUT2D eigenvalue weighted by atomic mass is 9.71. The second-order valence-corrected chi connectivity index (χ2v) is 6.41. The molecule has 19 heavy (non-hydrogen) atoms. The third-order valence-corrected chi connectivity index (χ3v) is 4.92. The number of benzene rings is 1. The maximum absolute atomic E-state index is 14.2. The average molecular weight is 265 g/mol. The van der Waals surface area contributed by atoms with E-state index in [1.807, 2.05) is 0 Å². The van der Waals surface area contributed by atoms with Crippen molar-refractivity contribution in [2.24, 2.45) is 17.6 Å². The van der Waals surface area contributed by atoms with Crippen LogP contribution in [0.15, 0.2) is 12.1 Å². The van der Waals surface area contributed by atoms with Crippen LogP contribution >= 0.6 is 0 Å². The summed E-state index contributed by atoms with van der Waals surface area (Å²) in [4.78, 5) is 0. The fourth-order valence-corrected chi connectivity index (χ4v) is 3.60. The molecular weight excluding hydrogens is 244 g/mol. The van der Waals surface area contributed by atoms with Crippen LogP contribution in [0.1, 0.15) is 49.7 Å². The lowest BCUT2D eigenvalue weighted by molar-refractivity contribution is 0.201. The second-order valence-electron chi connectivity index (χ2n) is 6.41. The molecule has 104 valence electrons. The Balaban J connectivity index is 1.93. The Hall–Kier alpha value is -0.960. The molecule has 0 aliphatic heterocycles. The molecule has 3 rings (SSSR count). The number of halogens is 2. The molecule has 1 nitrogen and oxygen atoms in total. The zero-order chi connectivity index (χ0) is 13.6. The van der Waals surface area contributed by atoms with Crippen LogP contribution < -0.4 is 5.73 Å². The smallest absolute Gasteiger partial charge is 0.164 e. The van der Waals surface area contributed by atoms with Crippen molar-refractivity contribution in [3.8, 4) is 0 Å². The highest BCUT2D eigenvalue weighted by Gasteiger charge is 2.42. The van der Waals surface area contributed by atoms with Crippen molar-refractivity contribution in [1.29, 1.82) is 0 Å². The zero-order valence-electron chi connectivity index (χ0n) is 11.4. The molecule has 2 atom stereocenters. The van der Waals surface area contributed by atoms with Gasteiger partial charge in [-0.05, 0) is 50.0 Å². The summed E-state index contributed by atoms with van der Waals surface area (Å²) < 4.78 is 27.9. The highest BCUT2D eigenvalue weighted by molar-refractivity contribution is 5.31. The lowest BCUT2D eigenvalue weighted by Crippen LogP contribution is -2.42. The van der Waals surface area contributed by atoms with Gasteiger partial charge in [-0.15, -0.1) is 0 Å². The molecule has 2 N–H and O–H groups in total. The summed E-state index contributed by atoms with van der Waals surface area (Å²) in [7, 11) is 0. The molecule has 0 spiro atoms. The summed E-state index contributed by atoms with van der Waals surface area (Å²) in [6.45, 7) is 1.58. The third kappa shape index (κ3) is 2.29. The van der Waals surface area contributed by atoms with Crippen LogP contribution in [0.4, 0.5) is 8.78 Å². The molecule has 0 amide bonds. The van der Waals surface area contributed by atoms with Crippen LogP contribution in [0.5, 0.6) is 0 Å². The molecule has 1 aromatic carbocycles. The summed E-state index contributed by atoms with van der Waals surface area (Å²) in [6.07, 6.45) is 6.34. The van der Waals surface area contributed by atoms with Gasteiger partial charge in [-0.25, -0.2) is 8.78 Å². The Morgan fingerprint density at radius 2 is 1.84 bits per heavy atom. The van der Waals surface area contributed by atoms with Gasteiger partial charge in [-0.1, -0.05) is 25.0 Å². The lowest BCUT2D eigenvalue weighted by Gasteiger charge is -2.39. The van der Waals surface area contributed by atoms with Crippen LogP contribution in [-0.4, -0.2) is 0 Å². The number of nitrogens with two attached hydrogens (primary N) is 1. The average Bonchev–Trinajstić information content (AvgIpc) is 3.20. The fourth-order valence-electron chi connectivity index (χ4n) is 3.60. The van der Waals surface area contributed by atoms with Gasteiger partial charge in [0.25, 0.3) is 0 Å². The van der Waals surface area contributed by atoms with Crippen molar-refractivity contribution in [1.82, 2.24) is 0 Å². The highest BCUT2D eigenvalue weighted by atomic mass is 19.2. The Morgan fingerprint density at radius 1 is 1.11 bits per heavy atom. The van der Waals surface area contributed by atoms with Crippen molar-refractivity contribution in [2.45, 2.75) is 51.0 Å². The van der Waals surface area contributed by atoms with E-state index in [0.29, 0.717) is 17.0 Å². The maximum atomic E-state index is 14.2. The highest BCUT2D eigenvalue weighted by Crippen LogP contribution is 2.49. The molecule has 0 bridgehead atoms. The Kier molecular flexibility index (Phi) is 3.12. The van der Waals surface area contributed by atoms with E-state index < -0.39 is 17.2 Å². The largest absolute Gasteiger partial charge is 0.321 e. The van der Waals surface area contributed by atoms with Crippen molar-refractivity contribution >= 4 is 0 Å². The molecule has 1 aromatic rings. The first kappa shape index (κ1) is 13.0. The number of rotatable bonds is 2. The maximum Gasteiger partial charge on any atom is 0.164 e. The fraction of sp³-hybridized carbons (Fsp3) is 0.625. The SMILES string of the molecule is Cc1ccc(C2(N)CCCC(C3CC3)C2)c(F)c1F. The molecule has 0 aromatic heterocycles. The van der Waals surface area contributed by atoms with E-state index in [0.717, 1.165) is 25.2 Å². The van der Waals surface area contributed by atoms with Crippen LogP contribution in [-0.2, 0) is 5.54 Å². The van der Waals surface area contributed by atoms with E-state index in [1.165, 1.54) is 19.3 Å². The molecular formula is C16H21F2N. The second kappa shape index (κ2) is 4.55. The molecule has 3 heteroatoms. The van der Waals surface area contributed by atoms with Gasteiger partial charge in [-0.3, -0.25) is 0 Å². The monoisotopic (exact) mass is 265 g/mol. The van der Waals surface area contributed by atoms with Gasteiger partial charge < -0.3 is 5.73 Å². The first-order valence-electron chi connectivity index (χ1n) is 7.25. The molecule has 2 fully saturated rings. The molecule has 0 radical (unpaired) electrons. The number of aryl methyl sites for hydroxylation is 1. The Bertz CT molecular complexity index is 496. The normalized spacial score (nSPS) is 31.5. The van der Waals surface area contributed by atoms with E-state index in [-0.39, 0.29) is 0 Å². The van der Waals surface area contributed by atoms with Crippen molar-refractivity contribution in [3.63, 3.8) is 0 Å². The van der Waals surface area contributed by atoms with E-state index in [1.54, 1.807) is 19.1 Å². The number of hydrogen-bond acceptors (Lipinski definition) is 1. The number of hydrogen-bond donors (Lipinski definition) is 1. The van der Waals surface area contributed by atoms with Gasteiger partial charge in [0.1, 0.15) is 0 Å². The van der Waals surface area contributed by atoms with Gasteiger partial charge in [0, 0.05) is 11.1 Å². The van der Waals surface area contributed by atoms with Gasteiger partial charge in [0.2, 0.25) is 0 Å². The van der Waals surface area contributed by atoms with Crippen LogP contribution in [0.2, 0.25) is 0 Å². The predicted octanol–water partition coefficient (Wildman–Crippen LogP) is 4.03. The van der Waals surface area contributed by atoms with Gasteiger partial charge in [0.05, 0.1) is 0 Å². The Morgan fingerprint density at radius 3 is 2.53 bits per heavy atom. The molecule has 2 aliphatic carbocycles. The van der Waals surface area contributed by atoms with Gasteiger partial charge in [-0.2, -0.15) is 0 Å². The van der Waals surface area contributed by atoms with E-state index in [9.17, 15) is 8.78 Å². The molecule has 2 aliphatic rings. The topological polar surface area (TPSA) is 26.0 Å². The summed E-state index contributed by atoms with van der Waals surface area (Å²) in [5.74, 6) is -0.0982. The van der Waals surface area contributed by atoms with Crippen molar-refractivity contribution in [3.05, 3.63) is 34.9 Å². The van der Waals surface area contributed by atoms with E-state index in [4.69, 9.17) is 5.73 Å². The molecule has 0 saturated heterocycles. The summed E-state index contributed by atoms with van der Waals surface area (Å²) in [5, 5.41) is 0. The predicted molar refractivity (Wildman–Crippen MR) is 71.6 cm³/mol. The molecule has 2 unspecified atom stereocenters. The van der Waals surface area contributed by atoms with Gasteiger partial charge in [0.15, 0.2) is 11.6 Å². The van der Waals surface area contributed by atoms with Crippen molar-refractivity contribution < 1.29 is 8.78 Å². The van der Waals surface area contributed by atoms with Crippen LogP contribution in [0.25, 0.3) is 0 Å². The third-order valence-electron chi connectivity index (χ3n) is 4.92. The minimum absolute atomic E-state index is 0.347. The molecule has 0 heterocycles.